The van der Waals surface area contributed by atoms with Gasteiger partial charge in [-0.3, -0.25) is 10.1 Å². The van der Waals surface area contributed by atoms with E-state index in [2.05, 4.69) is 26.2 Å². The first-order valence-electron chi connectivity index (χ1n) is 5.33. The number of nitrogen functional groups attached to an aromatic ring is 1. The number of amides is 1. The van der Waals surface area contributed by atoms with Gasteiger partial charge in [0.1, 0.15) is 0 Å². The molecule has 0 aliphatic carbocycles. The normalized spacial score (nSPS) is 10.8. The largest absolute Gasteiger partial charge is 0.399 e. The van der Waals surface area contributed by atoms with E-state index in [9.17, 15) is 4.79 Å². The minimum Gasteiger partial charge on any atom is -0.399 e. The van der Waals surface area contributed by atoms with Gasteiger partial charge in [-0.05, 0) is 40.2 Å². The molecule has 96 valence electrons. The number of benzene rings is 1. The van der Waals surface area contributed by atoms with Crippen LogP contribution in [-0.2, 0) is 0 Å². The first kappa shape index (κ1) is 12.6. The summed E-state index contributed by atoms with van der Waals surface area (Å²) >= 11 is 6.22. The quantitative estimate of drug-likeness (QED) is 0.685. The predicted octanol–water partition coefficient (Wildman–Crippen LogP) is 3.95. The molecule has 2 aromatic heterocycles. The number of fused-ring (bicyclic) bond motifs is 1. The number of carbonyl (C=O) groups is 1. The lowest BCUT2D eigenvalue weighted by atomic mass is 10.3. The molecule has 0 radical (unpaired) electrons. The molecule has 3 aromatic rings. The van der Waals surface area contributed by atoms with E-state index in [4.69, 9.17) is 5.73 Å². The van der Waals surface area contributed by atoms with Crippen molar-refractivity contribution in [3.05, 3.63) is 39.0 Å². The Morgan fingerprint density at radius 2 is 2.21 bits per heavy atom. The molecule has 0 fully saturated rings. The highest BCUT2D eigenvalue weighted by molar-refractivity contribution is 9.11. The monoisotopic (exact) mass is 353 g/mol. The Balaban J connectivity index is 1.87. The van der Waals surface area contributed by atoms with Gasteiger partial charge in [-0.1, -0.05) is 11.3 Å². The Hall–Kier alpha value is -1.44. The Bertz CT molecular complexity index is 765. The number of halogens is 1. The number of thiazole rings is 1. The Kier molecular flexibility index (Phi) is 3.26. The molecule has 0 unspecified atom stereocenters. The standard InChI is InChI=1S/C12H8BrN3OS2/c13-10-3-6(5-18-10)11(17)16-12-15-8-2-1-7(14)4-9(8)19-12/h1-5H,14H2,(H,15,16,17). The number of hydrogen-bond donors (Lipinski definition) is 2. The van der Waals surface area contributed by atoms with Gasteiger partial charge in [0, 0.05) is 11.1 Å². The van der Waals surface area contributed by atoms with Crippen LogP contribution in [0.2, 0.25) is 0 Å². The van der Waals surface area contributed by atoms with Crippen LogP contribution >= 0.6 is 38.6 Å². The molecule has 0 bridgehead atoms. The second-order valence-corrected chi connectivity index (χ2v) is 7.16. The zero-order valence-electron chi connectivity index (χ0n) is 9.51. The van der Waals surface area contributed by atoms with E-state index < -0.39 is 0 Å². The van der Waals surface area contributed by atoms with Gasteiger partial charge in [-0.15, -0.1) is 11.3 Å². The van der Waals surface area contributed by atoms with Crippen molar-refractivity contribution in [2.75, 3.05) is 11.1 Å². The van der Waals surface area contributed by atoms with E-state index in [1.807, 2.05) is 12.1 Å². The molecule has 1 amide bonds. The third-order valence-electron chi connectivity index (χ3n) is 2.46. The van der Waals surface area contributed by atoms with Gasteiger partial charge >= 0.3 is 0 Å². The van der Waals surface area contributed by atoms with E-state index >= 15 is 0 Å². The summed E-state index contributed by atoms with van der Waals surface area (Å²) in [4.78, 5) is 16.3. The number of rotatable bonds is 2. The molecule has 0 spiro atoms. The Morgan fingerprint density at radius 3 is 2.95 bits per heavy atom. The highest BCUT2D eigenvalue weighted by Gasteiger charge is 2.11. The Morgan fingerprint density at radius 1 is 1.37 bits per heavy atom. The second kappa shape index (κ2) is 4.92. The summed E-state index contributed by atoms with van der Waals surface area (Å²) in [5, 5.41) is 5.17. The van der Waals surface area contributed by atoms with Crippen molar-refractivity contribution < 1.29 is 4.79 Å². The molecule has 1 aromatic carbocycles. The molecule has 7 heteroatoms. The molecule has 0 aliphatic rings. The van der Waals surface area contributed by atoms with Gasteiger partial charge in [-0.2, -0.15) is 0 Å². The number of carbonyl (C=O) groups excluding carboxylic acids is 1. The molecule has 19 heavy (non-hydrogen) atoms. The zero-order chi connectivity index (χ0) is 13.4. The molecule has 0 aliphatic heterocycles. The van der Waals surface area contributed by atoms with Crippen LogP contribution in [0.5, 0.6) is 0 Å². The van der Waals surface area contributed by atoms with Crippen LogP contribution < -0.4 is 11.1 Å². The van der Waals surface area contributed by atoms with Gasteiger partial charge in [0.25, 0.3) is 5.91 Å². The molecular formula is C12H8BrN3OS2. The third-order valence-corrected chi connectivity index (χ3v) is 4.90. The van der Waals surface area contributed by atoms with Gasteiger partial charge < -0.3 is 5.73 Å². The van der Waals surface area contributed by atoms with Crippen molar-refractivity contribution in [2.24, 2.45) is 0 Å². The summed E-state index contributed by atoms with van der Waals surface area (Å²) < 4.78 is 1.89. The van der Waals surface area contributed by atoms with Crippen LogP contribution in [0.3, 0.4) is 0 Å². The van der Waals surface area contributed by atoms with E-state index in [0.29, 0.717) is 16.4 Å². The molecule has 3 N–H and O–H groups in total. The molecule has 3 rings (SSSR count). The summed E-state index contributed by atoms with van der Waals surface area (Å²) in [5.41, 5.74) is 7.86. The Labute approximate surface area is 125 Å². The number of aromatic nitrogens is 1. The maximum atomic E-state index is 12.0. The van der Waals surface area contributed by atoms with E-state index in [0.717, 1.165) is 14.0 Å². The predicted molar refractivity (Wildman–Crippen MR) is 84.0 cm³/mol. The van der Waals surface area contributed by atoms with Crippen LogP contribution in [0.4, 0.5) is 10.8 Å². The highest BCUT2D eigenvalue weighted by atomic mass is 79.9. The van der Waals surface area contributed by atoms with E-state index in [1.54, 1.807) is 17.5 Å². The summed E-state index contributed by atoms with van der Waals surface area (Å²) in [6.07, 6.45) is 0. The zero-order valence-corrected chi connectivity index (χ0v) is 12.7. The fraction of sp³-hybridized carbons (Fsp3) is 0. The summed E-state index contributed by atoms with van der Waals surface area (Å²) in [7, 11) is 0. The third kappa shape index (κ3) is 2.63. The van der Waals surface area contributed by atoms with Crippen molar-refractivity contribution in [1.82, 2.24) is 4.98 Å². The van der Waals surface area contributed by atoms with Crippen LogP contribution in [-0.4, -0.2) is 10.9 Å². The van der Waals surface area contributed by atoms with Crippen LogP contribution in [0.15, 0.2) is 33.4 Å². The summed E-state index contributed by atoms with van der Waals surface area (Å²) in [6, 6.07) is 7.27. The molecule has 0 atom stereocenters. The van der Waals surface area contributed by atoms with Gasteiger partial charge in [0.05, 0.1) is 19.6 Å². The highest BCUT2D eigenvalue weighted by Crippen LogP contribution is 2.28. The lowest BCUT2D eigenvalue weighted by molar-refractivity contribution is 0.102. The molecular weight excluding hydrogens is 346 g/mol. The average molecular weight is 354 g/mol. The molecule has 0 saturated carbocycles. The SMILES string of the molecule is Nc1ccc2nc(NC(=O)c3csc(Br)c3)sc2c1. The van der Waals surface area contributed by atoms with Crippen molar-refractivity contribution in [3.63, 3.8) is 0 Å². The van der Waals surface area contributed by atoms with Crippen molar-refractivity contribution >= 4 is 65.5 Å². The molecule has 0 saturated heterocycles. The lowest BCUT2D eigenvalue weighted by Crippen LogP contribution is -2.10. The summed E-state index contributed by atoms with van der Waals surface area (Å²) in [6.45, 7) is 0. The maximum Gasteiger partial charge on any atom is 0.258 e. The molecule has 2 heterocycles. The van der Waals surface area contributed by atoms with E-state index in [-0.39, 0.29) is 5.91 Å². The average Bonchev–Trinajstić information content (AvgIpc) is 2.94. The first-order valence-corrected chi connectivity index (χ1v) is 7.82. The topological polar surface area (TPSA) is 68.0 Å². The van der Waals surface area contributed by atoms with Crippen molar-refractivity contribution in [2.45, 2.75) is 0 Å². The van der Waals surface area contributed by atoms with E-state index in [1.165, 1.54) is 22.7 Å². The maximum absolute atomic E-state index is 12.0. The number of thiophene rings is 1. The smallest absolute Gasteiger partial charge is 0.258 e. The lowest BCUT2D eigenvalue weighted by Gasteiger charge is -1.97. The number of nitrogens with zero attached hydrogens (tertiary/aromatic N) is 1. The van der Waals surface area contributed by atoms with Gasteiger partial charge in [0.2, 0.25) is 0 Å². The number of hydrogen-bond acceptors (Lipinski definition) is 5. The van der Waals surface area contributed by atoms with Crippen molar-refractivity contribution in [3.8, 4) is 0 Å². The number of nitrogens with one attached hydrogen (secondary N) is 1. The van der Waals surface area contributed by atoms with Gasteiger partial charge in [0.15, 0.2) is 5.13 Å². The molecule has 4 nitrogen and oxygen atoms in total. The van der Waals surface area contributed by atoms with Crippen molar-refractivity contribution in [1.29, 1.82) is 0 Å². The number of nitrogens with two attached hydrogens (primary N) is 1. The van der Waals surface area contributed by atoms with Gasteiger partial charge in [-0.25, -0.2) is 4.98 Å². The first-order chi connectivity index (χ1) is 9.11. The minimum absolute atomic E-state index is 0.158. The fourth-order valence-corrected chi connectivity index (χ4v) is 3.64. The van der Waals surface area contributed by atoms with Crippen LogP contribution in [0.1, 0.15) is 10.4 Å². The fourth-order valence-electron chi connectivity index (χ4n) is 1.59. The summed E-state index contributed by atoms with van der Waals surface area (Å²) in [5.74, 6) is -0.158. The van der Waals surface area contributed by atoms with Crippen LogP contribution in [0.25, 0.3) is 10.2 Å². The van der Waals surface area contributed by atoms with Crippen LogP contribution in [0, 0.1) is 0 Å². The second-order valence-electron chi connectivity index (χ2n) is 3.84. The minimum atomic E-state index is -0.158. The number of anilines is 2.